The maximum Gasteiger partial charge on any atom is 0.194 e. The van der Waals surface area contributed by atoms with Crippen LogP contribution in [0, 0.1) is 0 Å². The van der Waals surface area contributed by atoms with Crippen LogP contribution in [0.4, 0.5) is 0 Å². The van der Waals surface area contributed by atoms with Crippen molar-refractivity contribution in [1.82, 2.24) is 20.0 Å². The molecule has 0 spiro atoms. The van der Waals surface area contributed by atoms with Crippen molar-refractivity contribution >= 4 is 29.9 Å². The van der Waals surface area contributed by atoms with Gasteiger partial charge in [-0.15, -0.1) is 24.0 Å². The fourth-order valence-electron chi connectivity index (χ4n) is 2.12. The molecule has 2 aromatic rings. The van der Waals surface area contributed by atoms with Gasteiger partial charge in [0.05, 0.1) is 12.7 Å². The molecular formula is C16H24IN5. The summed E-state index contributed by atoms with van der Waals surface area (Å²) >= 11 is 0. The fourth-order valence-corrected chi connectivity index (χ4v) is 2.12. The zero-order valence-electron chi connectivity index (χ0n) is 13.4. The SMILES string of the molecule is CCNC(=NCc1cnn(C)c1)N(C)Cc1ccccc1.I. The molecule has 0 saturated carbocycles. The van der Waals surface area contributed by atoms with Crippen LogP contribution in [-0.4, -0.2) is 34.2 Å². The highest BCUT2D eigenvalue weighted by molar-refractivity contribution is 14.0. The van der Waals surface area contributed by atoms with Gasteiger partial charge in [0, 0.05) is 38.9 Å². The summed E-state index contributed by atoms with van der Waals surface area (Å²) in [7, 11) is 3.97. The number of aliphatic imine (C=N–C) groups is 1. The van der Waals surface area contributed by atoms with Gasteiger partial charge in [-0.1, -0.05) is 30.3 Å². The highest BCUT2D eigenvalue weighted by Gasteiger charge is 2.06. The van der Waals surface area contributed by atoms with Crippen LogP contribution in [0.1, 0.15) is 18.1 Å². The Labute approximate surface area is 149 Å². The molecule has 1 heterocycles. The van der Waals surface area contributed by atoms with Gasteiger partial charge in [-0.2, -0.15) is 5.10 Å². The zero-order chi connectivity index (χ0) is 15.1. The van der Waals surface area contributed by atoms with Crippen LogP contribution < -0.4 is 5.32 Å². The van der Waals surface area contributed by atoms with Gasteiger partial charge >= 0.3 is 0 Å². The second-order valence-corrected chi connectivity index (χ2v) is 5.03. The molecule has 0 fully saturated rings. The van der Waals surface area contributed by atoms with E-state index in [2.05, 4.69) is 58.5 Å². The average Bonchev–Trinajstić information content (AvgIpc) is 2.90. The van der Waals surface area contributed by atoms with Crippen LogP contribution in [0.3, 0.4) is 0 Å². The predicted molar refractivity (Wildman–Crippen MR) is 101 cm³/mol. The number of rotatable bonds is 5. The summed E-state index contributed by atoms with van der Waals surface area (Å²) in [5.41, 5.74) is 2.38. The van der Waals surface area contributed by atoms with E-state index in [1.165, 1.54) is 5.56 Å². The molecule has 1 N–H and O–H groups in total. The Morgan fingerprint density at radius 3 is 2.59 bits per heavy atom. The Morgan fingerprint density at radius 1 is 1.27 bits per heavy atom. The predicted octanol–water partition coefficient (Wildman–Crippen LogP) is 2.64. The second kappa shape index (κ2) is 9.45. The second-order valence-electron chi connectivity index (χ2n) is 5.03. The van der Waals surface area contributed by atoms with Crippen molar-refractivity contribution in [3.8, 4) is 0 Å². The van der Waals surface area contributed by atoms with Gasteiger partial charge in [-0.05, 0) is 12.5 Å². The highest BCUT2D eigenvalue weighted by atomic mass is 127. The Bertz CT molecular complexity index is 579. The minimum absolute atomic E-state index is 0. The summed E-state index contributed by atoms with van der Waals surface area (Å²) in [6, 6.07) is 10.4. The molecule has 0 atom stereocenters. The lowest BCUT2D eigenvalue weighted by molar-refractivity contribution is 0.477. The third kappa shape index (κ3) is 5.67. The minimum Gasteiger partial charge on any atom is -0.357 e. The monoisotopic (exact) mass is 413 g/mol. The third-order valence-corrected chi connectivity index (χ3v) is 3.13. The molecule has 0 amide bonds. The first-order valence-corrected chi connectivity index (χ1v) is 7.20. The number of aryl methyl sites for hydroxylation is 1. The van der Waals surface area contributed by atoms with Gasteiger partial charge < -0.3 is 10.2 Å². The number of hydrogen-bond donors (Lipinski definition) is 1. The lowest BCUT2D eigenvalue weighted by Crippen LogP contribution is -2.38. The number of nitrogens with zero attached hydrogens (tertiary/aromatic N) is 4. The number of nitrogens with one attached hydrogen (secondary N) is 1. The van der Waals surface area contributed by atoms with E-state index < -0.39 is 0 Å². The molecule has 5 nitrogen and oxygen atoms in total. The van der Waals surface area contributed by atoms with Gasteiger partial charge in [-0.3, -0.25) is 4.68 Å². The number of benzene rings is 1. The van der Waals surface area contributed by atoms with E-state index in [9.17, 15) is 0 Å². The van der Waals surface area contributed by atoms with E-state index in [1.54, 1.807) is 4.68 Å². The molecule has 0 aliphatic rings. The van der Waals surface area contributed by atoms with Crippen LogP contribution in [0.25, 0.3) is 0 Å². The van der Waals surface area contributed by atoms with E-state index in [0.717, 1.165) is 24.6 Å². The van der Waals surface area contributed by atoms with Gasteiger partial charge in [0.15, 0.2) is 5.96 Å². The van der Waals surface area contributed by atoms with E-state index in [4.69, 9.17) is 0 Å². The molecular weight excluding hydrogens is 389 g/mol. The summed E-state index contributed by atoms with van der Waals surface area (Å²) in [4.78, 5) is 6.81. The standard InChI is InChI=1S/C16H23N5.HI/c1-4-17-16(18-10-15-11-19-21(3)13-15)20(2)12-14-8-6-5-7-9-14;/h5-9,11,13H,4,10,12H2,1-3H3,(H,17,18);1H. The number of aromatic nitrogens is 2. The first kappa shape index (κ1) is 18.5. The summed E-state index contributed by atoms with van der Waals surface area (Å²) in [6.07, 6.45) is 3.84. The highest BCUT2D eigenvalue weighted by Crippen LogP contribution is 2.04. The zero-order valence-corrected chi connectivity index (χ0v) is 15.7. The smallest absolute Gasteiger partial charge is 0.194 e. The Hall–Kier alpha value is -1.57. The molecule has 0 bridgehead atoms. The summed E-state index contributed by atoms with van der Waals surface area (Å²) in [5.74, 6) is 0.908. The molecule has 1 aromatic heterocycles. The molecule has 2 rings (SSSR count). The Kier molecular flexibility index (Phi) is 7.94. The van der Waals surface area contributed by atoms with Gasteiger partial charge in [0.1, 0.15) is 0 Å². The molecule has 0 unspecified atom stereocenters. The maximum absolute atomic E-state index is 4.67. The first-order valence-electron chi connectivity index (χ1n) is 7.20. The molecule has 1 aromatic carbocycles. The molecule has 22 heavy (non-hydrogen) atoms. The minimum atomic E-state index is 0. The van der Waals surface area contributed by atoms with Crippen molar-refractivity contribution < 1.29 is 0 Å². The van der Waals surface area contributed by atoms with Crippen molar-refractivity contribution in [2.45, 2.75) is 20.0 Å². The van der Waals surface area contributed by atoms with Crippen LogP contribution in [0.5, 0.6) is 0 Å². The van der Waals surface area contributed by atoms with Crippen molar-refractivity contribution in [3.05, 3.63) is 53.9 Å². The topological polar surface area (TPSA) is 45.5 Å². The number of halogens is 1. The number of guanidine groups is 1. The van der Waals surface area contributed by atoms with E-state index in [-0.39, 0.29) is 24.0 Å². The normalized spacial score (nSPS) is 11.0. The van der Waals surface area contributed by atoms with Crippen LogP contribution in [-0.2, 0) is 20.1 Å². The number of hydrogen-bond acceptors (Lipinski definition) is 2. The summed E-state index contributed by atoms with van der Waals surface area (Å²) in [5, 5.41) is 7.49. The molecule has 0 aliphatic carbocycles. The lowest BCUT2D eigenvalue weighted by Gasteiger charge is -2.22. The molecule has 6 heteroatoms. The third-order valence-electron chi connectivity index (χ3n) is 3.13. The molecule has 120 valence electrons. The summed E-state index contributed by atoms with van der Waals surface area (Å²) < 4.78 is 1.80. The van der Waals surface area contributed by atoms with E-state index in [1.807, 2.05) is 25.5 Å². The molecule has 0 radical (unpaired) electrons. The van der Waals surface area contributed by atoms with Gasteiger partial charge in [0.2, 0.25) is 0 Å². The van der Waals surface area contributed by atoms with Crippen LogP contribution >= 0.6 is 24.0 Å². The van der Waals surface area contributed by atoms with Crippen molar-refractivity contribution in [3.63, 3.8) is 0 Å². The van der Waals surface area contributed by atoms with Crippen LogP contribution in [0.15, 0.2) is 47.7 Å². The molecule has 0 aliphatic heterocycles. The average molecular weight is 413 g/mol. The maximum atomic E-state index is 4.67. The lowest BCUT2D eigenvalue weighted by atomic mass is 10.2. The first-order chi connectivity index (χ1) is 10.2. The Balaban J connectivity index is 0.00000242. The quantitative estimate of drug-likeness (QED) is 0.466. The largest absolute Gasteiger partial charge is 0.357 e. The van der Waals surface area contributed by atoms with Crippen LogP contribution in [0.2, 0.25) is 0 Å². The van der Waals surface area contributed by atoms with Gasteiger partial charge in [0.25, 0.3) is 0 Å². The van der Waals surface area contributed by atoms with Crippen molar-refractivity contribution in [1.29, 1.82) is 0 Å². The summed E-state index contributed by atoms with van der Waals surface area (Å²) in [6.45, 7) is 4.40. The van der Waals surface area contributed by atoms with Gasteiger partial charge in [-0.25, -0.2) is 4.99 Å². The molecule has 0 saturated heterocycles. The van der Waals surface area contributed by atoms with E-state index in [0.29, 0.717) is 6.54 Å². The Morgan fingerprint density at radius 2 is 2.00 bits per heavy atom. The fraction of sp³-hybridized carbons (Fsp3) is 0.375. The van der Waals surface area contributed by atoms with Crippen molar-refractivity contribution in [2.75, 3.05) is 13.6 Å². The van der Waals surface area contributed by atoms with Crippen molar-refractivity contribution in [2.24, 2.45) is 12.0 Å². The van der Waals surface area contributed by atoms with E-state index >= 15 is 0 Å².